The molecule has 0 radical (unpaired) electrons. The van der Waals surface area contributed by atoms with Gasteiger partial charge < -0.3 is 10.5 Å². The van der Waals surface area contributed by atoms with Crippen molar-refractivity contribution in [2.24, 2.45) is 5.73 Å². The zero-order chi connectivity index (χ0) is 12.3. The van der Waals surface area contributed by atoms with E-state index >= 15 is 0 Å². The van der Waals surface area contributed by atoms with Crippen molar-refractivity contribution in [3.05, 3.63) is 59.7 Å². The van der Waals surface area contributed by atoms with Crippen LogP contribution < -0.4 is 10.5 Å². The molecule has 88 valence electrons. The largest absolute Gasteiger partial charge is 0.457 e. The fourth-order valence-corrected chi connectivity index (χ4v) is 1.46. The quantitative estimate of drug-likeness (QED) is 0.886. The van der Waals surface area contributed by atoms with Crippen molar-refractivity contribution in [2.75, 3.05) is 0 Å². The highest BCUT2D eigenvalue weighted by Crippen LogP contribution is 2.23. The molecule has 0 saturated carbocycles. The molecule has 0 aromatic heterocycles. The number of benzene rings is 2. The molecule has 0 aliphatic carbocycles. The average Bonchev–Trinajstić information content (AvgIpc) is 2.28. The first kappa shape index (κ1) is 11.5. The van der Waals surface area contributed by atoms with Gasteiger partial charge in [0.15, 0.2) is 0 Å². The van der Waals surface area contributed by atoms with Gasteiger partial charge in [-0.05, 0) is 17.7 Å². The standard InChI is InChI=1S/C13H11F2NO/c14-10-5-11(15)7-13(6-10)17-12-3-1-2-9(4-12)8-16/h1-7H,8,16H2. The molecule has 2 N–H and O–H groups in total. The minimum Gasteiger partial charge on any atom is -0.457 e. The van der Waals surface area contributed by atoms with Crippen LogP contribution in [-0.2, 0) is 6.54 Å². The van der Waals surface area contributed by atoms with Crippen molar-refractivity contribution in [1.29, 1.82) is 0 Å². The molecule has 2 nitrogen and oxygen atoms in total. The first-order valence-corrected chi connectivity index (χ1v) is 5.10. The zero-order valence-corrected chi connectivity index (χ0v) is 8.99. The number of hydrogen-bond acceptors (Lipinski definition) is 2. The maximum absolute atomic E-state index is 12.9. The SMILES string of the molecule is NCc1cccc(Oc2cc(F)cc(F)c2)c1. The third-order valence-corrected chi connectivity index (χ3v) is 2.21. The van der Waals surface area contributed by atoms with Crippen LogP contribution in [0.2, 0.25) is 0 Å². The highest BCUT2D eigenvalue weighted by atomic mass is 19.1. The number of ether oxygens (including phenoxy) is 1. The number of rotatable bonds is 3. The Kier molecular flexibility index (Phi) is 3.35. The van der Waals surface area contributed by atoms with Gasteiger partial charge in [-0.15, -0.1) is 0 Å². The van der Waals surface area contributed by atoms with Gasteiger partial charge in [-0.25, -0.2) is 8.78 Å². The third kappa shape index (κ3) is 3.01. The smallest absolute Gasteiger partial charge is 0.133 e. The predicted octanol–water partition coefficient (Wildman–Crippen LogP) is 3.22. The summed E-state index contributed by atoms with van der Waals surface area (Å²) in [6, 6.07) is 10.1. The van der Waals surface area contributed by atoms with Gasteiger partial charge in [0, 0.05) is 24.7 Å². The summed E-state index contributed by atoms with van der Waals surface area (Å²) >= 11 is 0. The average molecular weight is 235 g/mol. The van der Waals surface area contributed by atoms with Crippen LogP contribution in [0.3, 0.4) is 0 Å². The molecule has 0 fully saturated rings. The van der Waals surface area contributed by atoms with Gasteiger partial charge in [-0.1, -0.05) is 12.1 Å². The van der Waals surface area contributed by atoms with Crippen molar-refractivity contribution < 1.29 is 13.5 Å². The molecule has 0 spiro atoms. The molecule has 0 saturated heterocycles. The fourth-order valence-electron chi connectivity index (χ4n) is 1.46. The molecule has 4 heteroatoms. The van der Waals surface area contributed by atoms with E-state index < -0.39 is 11.6 Å². The Morgan fingerprint density at radius 1 is 0.941 bits per heavy atom. The van der Waals surface area contributed by atoms with E-state index in [4.69, 9.17) is 10.5 Å². The van der Waals surface area contributed by atoms with Crippen molar-refractivity contribution in [3.8, 4) is 11.5 Å². The molecule has 0 aliphatic heterocycles. The highest BCUT2D eigenvalue weighted by Gasteiger charge is 2.03. The number of hydrogen-bond donors (Lipinski definition) is 1. The second-order valence-electron chi connectivity index (χ2n) is 3.56. The Labute approximate surface area is 97.6 Å². The Balaban J connectivity index is 2.24. The summed E-state index contributed by atoms with van der Waals surface area (Å²) in [6.07, 6.45) is 0. The lowest BCUT2D eigenvalue weighted by Gasteiger charge is -2.07. The molecular weight excluding hydrogens is 224 g/mol. The van der Waals surface area contributed by atoms with Crippen LogP contribution in [0.1, 0.15) is 5.56 Å². The second-order valence-corrected chi connectivity index (χ2v) is 3.56. The van der Waals surface area contributed by atoms with E-state index in [1.54, 1.807) is 18.2 Å². The molecule has 2 aromatic rings. The van der Waals surface area contributed by atoms with Crippen molar-refractivity contribution in [1.82, 2.24) is 0 Å². The topological polar surface area (TPSA) is 35.2 Å². The second kappa shape index (κ2) is 4.93. The van der Waals surface area contributed by atoms with Crippen molar-refractivity contribution in [2.45, 2.75) is 6.54 Å². The van der Waals surface area contributed by atoms with Crippen LogP contribution in [0.5, 0.6) is 11.5 Å². The third-order valence-electron chi connectivity index (χ3n) is 2.21. The molecular formula is C13H11F2NO. The van der Waals surface area contributed by atoms with Crippen LogP contribution >= 0.6 is 0 Å². The first-order chi connectivity index (χ1) is 8.17. The molecule has 0 unspecified atom stereocenters. The van der Waals surface area contributed by atoms with Gasteiger partial charge in [0.1, 0.15) is 23.1 Å². The maximum Gasteiger partial charge on any atom is 0.133 e. The zero-order valence-electron chi connectivity index (χ0n) is 8.99. The molecule has 0 aliphatic rings. The Bertz CT molecular complexity index is 508. The van der Waals surface area contributed by atoms with E-state index in [9.17, 15) is 8.78 Å². The van der Waals surface area contributed by atoms with Crippen molar-refractivity contribution in [3.63, 3.8) is 0 Å². The van der Waals surface area contributed by atoms with E-state index in [2.05, 4.69) is 0 Å². The molecule has 0 heterocycles. The fraction of sp³-hybridized carbons (Fsp3) is 0.0769. The van der Waals surface area contributed by atoms with E-state index in [-0.39, 0.29) is 5.75 Å². The van der Waals surface area contributed by atoms with Gasteiger partial charge in [0.2, 0.25) is 0 Å². The Morgan fingerprint density at radius 3 is 2.29 bits per heavy atom. The summed E-state index contributed by atoms with van der Waals surface area (Å²) in [5, 5.41) is 0. The van der Waals surface area contributed by atoms with Crippen LogP contribution in [0.15, 0.2) is 42.5 Å². The summed E-state index contributed by atoms with van der Waals surface area (Å²) in [5.41, 5.74) is 6.37. The van der Waals surface area contributed by atoms with E-state index in [1.807, 2.05) is 6.07 Å². The summed E-state index contributed by atoms with van der Waals surface area (Å²) < 4.78 is 31.2. The summed E-state index contributed by atoms with van der Waals surface area (Å²) in [4.78, 5) is 0. The molecule has 17 heavy (non-hydrogen) atoms. The van der Waals surface area contributed by atoms with Gasteiger partial charge in [-0.3, -0.25) is 0 Å². The van der Waals surface area contributed by atoms with Gasteiger partial charge in [-0.2, -0.15) is 0 Å². The molecule has 0 bridgehead atoms. The lowest BCUT2D eigenvalue weighted by Crippen LogP contribution is -1.96. The molecule has 2 rings (SSSR count). The van der Waals surface area contributed by atoms with E-state index in [0.717, 1.165) is 23.8 Å². The van der Waals surface area contributed by atoms with Crippen LogP contribution in [0, 0.1) is 11.6 Å². The summed E-state index contributed by atoms with van der Waals surface area (Å²) in [7, 11) is 0. The van der Waals surface area contributed by atoms with Crippen LogP contribution in [0.25, 0.3) is 0 Å². The molecule has 2 aromatic carbocycles. The van der Waals surface area contributed by atoms with Gasteiger partial charge >= 0.3 is 0 Å². The number of halogens is 2. The lowest BCUT2D eigenvalue weighted by molar-refractivity contribution is 0.468. The first-order valence-electron chi connectivity index (χ1n) is 5.10. The monoisotopic (exact) mass is 235 g/mol. The normalized spacial score (nSPS) is 10.3. The lowest BCUT2D eigenvalue weighted by atomic mass is 10.2. The van der Waals surface area contributed by atoms with E-state index in [0.29, 0.717) is 12.3 Å². The summed E-state index contributed by atoms with van der Waals surface area (Å²) in [6.45, 7) is 0.384. The van der Waals surface area contributed by atoms with Crippen LogP contribution in [-0.4, -0.2) is 0 Å². The van der Waals surface area contributed by atoms with Crippen molar-refractivity contribution >= 4 is 0 Å². The van der Waals surface area contributed by atoms with Gasteiger partial charge in [0.05, 0.1) is 0 Å². The molecule has 0 atom stereocenters. The van der Waals surface area contributed by atoms with Gasteiger partial charge in [0.25, 0.3) is 0 Å². The minimum absolute atomic E-state index is 0.122. The Morgan fingerprint density at radius 2 is 1.65 bits per heavy atom. The number of nitrogens with two attached hydrogens (primary N) is 1. The van der Waals surface area contributed by atoms with Crippen LogP contribution in [0.4, 0.5) is 8.78 Å². The molecule has 0 amide bonds. The minimum atomic E-state index is -0.671. The maximum atomic E-state index is 12.9. The summed E-state index contributed by atoms with van der Waals surface area (Å²) in [5.74, 6) is -0.723. The Hall–Kier alpha value is -1.94. The van der Waals surface area contributed by atoms with E-state index in [1.165, 1.54) is 0 Å². The predicted molar refractivity (Wildman–Crippen MR) is 60.8 cm³/mol. The highest BCUT2D eigenvalue weighted by molar-refractivity contribution is 5.34.